The van der Waals surface area contributed by atoms with Crippen LogP contribution in [0.3, 0.4) is 0 Å². The van der Waals surface area contributed by atoms with Crippen molar-refractivity contribution in [1.29, 1.82) is 0 Å². The number of hydrogen-bond donors (Lipinski definition) is 3. The van der Waals surface area contributed by atoms with E-state index in [9.17, 15) is 14.4 Å². The first-order valence-electron chi connectivity index (χ1n) is 7.06. The molecule has 0 unspecified atom stereocenters. The molecule has 0 fully saturated rings. The van der Waals surface area contributed by atoms with Gasteiger partial charge in [0, 0.05) is 12.1 Å². The quantitative estimate of drug-likeness (QED) is 0.601. The highest BCUT2D eigenvalue weighted by Gasteiger charge is 2.24. The van der Waals surface area contributed by atoms with Gasteiger partial charge in [0.05, 0.1) is 17.2 Å². The van der Waals surface area contributed by atoms with E-state index in [0.717, 1.165) is 0 Å². The normalized spacial score (nSPS) is 12.8. The second-order valence-electron chi connectivity index (χ2n) is 5.01. The molecule has 2 atom stereocenters. The van der Waals surface area contributed by atoms with Crippen molar-refractivity contribution < 1.29 is 24.2 Å². The van der Waals surface area contributed by atoms with Gasteiger partial charge in [0.2, 0.25) is 5.91 Å². The van der Waals surface area contributed by atoms with Gasteiger partial charge in [0.1, 0.15) is 12.1 Å². The van der Waals surface area contributed by atoms with Crippen molar-refractivity contribution in [2.75, 3.05) is 12.4 Å². The van der Waals surface area contributed by atoms with Crippen LogP contribution in [0.25, 0.3) is 0 Å². The minimum atomic E-state index is -1.07. The van der Waals surface area contributed by atoms with Crippen molar-refractivity contribution in [3.8, 4) is 0 Å². The molecule has 24 heavy (non-hydrogen) atoms. The van der Waals surface area contributed by atoms with Crippen molar-refractivity contribution in [1.82, 2.24) is 5.32 Å². The fourth-order valence-electron chi connectivity index (χ4n) is 1.86. The second-order valence-corrected chi connectivity index (χ2v) is 5.83. The van der Waals surface area contributed by atoms with Crippen LogP contribution in [0.1, 0.15) is 19.8 Å². The molecule has 0 aromatic heterocycles. The van der Waals surface area contributed by atoms with E-state index < -0.39 is 29.9 Å². The summed E-state index contributed by atoms with van der Waals surface area (Å²) >= 11 is 11.7. The fraction of sp³-hybridized carbons (Fsp3) is 0.400. The summed E-state index contributed by atoms with van der Waals surface area (Å²) in [6, 6.07) is 3.08. The zero-order valence-electron chi connectivity index (χ0n) is 13.1. The largest absolute Gasteiger partial charge is 0.481 e. The topological polar surface area (TPSA) is 105 Å². The number of halogens is 2. The summed E-state index contributed by atoms with van der Waals surface area (Å²) in [5, 5.41) is 14.8. The van der Waals surface area contributed by atoms with Gasteiger partial charge in [-0.15, -0.1) is 0 Å². The van der Waals surface area contributed by atoms with E-state index in [1.807, 2.05) is 0 Å². The number of amides is 1. The number of carboxylic acid groups (broad SMARTS) is 1. The van der Waals surface area contributed by atoms with E-state index in [1.54, 1.807) is 25.1 Å². The molecule has 0 saturated carbocycles. The SMILES string of the molecule is COC(=O)[C@H](CCC(=O)O)NC(=O)[C@@H](C)Nc1ccc(Cl)c(Cl)c1. The molecule has 0 spiro atoms. The number of methoxy groups -OCH3 is 1. The molecule has 0 saturated heterocycles. The number of aliphatic carboxylic acids is 1. The third-order valence-corrected chi connectivity index (χ3v) is 3.88. The smallest absolute Gasteiger partial charge is 0.328 e. The molecular weight excluding hydrogens is 359 g/mol. The Balaban J connectivity index is 2.69. The molecule has 132 valence electrons. The third kappa shape index (κ3) is 6.25. The highest BCUT2D eigenvalue weighted by Crippen LogP contribution is 2.25. The second kappa shape index (κ2) is 9.34. The van der Waals surface area contributed by atoms with Gasteiger partial charge in [-0.05, 0) is 31.5 Å². The van der Waals surface area contributed by atoms with Crippen molar-refractivity contribution in [3.05, 3.63) is 28.2 Å². The molecule has 1 aromatic carbocycles. The number of anilines is 1. The maximum atomic E-state index is 12.2. The minimum absolute atomic E-state index is 0.0623. The number of carboxylic acids is 1. The Labute approximate surface area is 149 Å². The molecule has 1 rings (SSSR count). The molecule has 9 heteroatoms. The Kier molecular flexibility index (Phi) is 7.81. The van der Waals surface area contributed by atoms with Crippen LogP contribution in [-0.2, 0) is 19.1 Å². The molecule has 0 radical (unpaired) electrons. The number of nitrogens with one attached hydrogen (secondary N) is 2. The van der Waals surface area contributed by atoms with Gasteiger partial charge in [0.15, 0.2) is 0 Å². The standard InChI is InChI=1S/C15H18Cl2N2O5/c1-8(18-9-3-4-10(16)11(17)7-9)14(22)19-12(15(23)24-2)5-6-13(20)21/h3-4,7-8,12,18H,5-6H2,1-2H3,(H,19,22)(H,20,21)/t8-,12+/m1/s1. The molecule has 7 nitrogen and oxygen atoms in total. The highest BCUT2D eigenvalue weighted by molar-refractivity contribution is 6.42. The van der Waals surface area contributed by atoms with E-state index in [4.69, 9.17) is 28.3 Å². The predicted molar refractivity (Wildman–Crippen MR) is 90.4 cm³/mol. The first-order chi connectivity index (χ1) is 11.2. The summed E-state index contributed by atoms with van der Waals surface area (Å²) in [6.07, 6.45) is -0.331. The lowest BCUT2D eigenvalue weighted by Crippen LogP contribution is -2.47. The van der Waals surface area contributed by atoms with Crippen LogP contribution in [0.2, 0.25) is 10.0 Å². The molecular formula is C15H18Cl2N2O5. The van der Waals surface area contributed by atoms with Gasteiger partial charge in [-0.3, -0.25) is 9.59 Å². The maximum Gasteiger partial charge on any atom is 0.328 e. The van der Waals surface area contributed by atoms with Crippen LogP contribution in [0.5, 0.6) is 0 Å². The van der Waals surface area contributed by atoms with E-state index in [2.05, 4.69) is 15.4 Å². The van der Waals surface area contributed by atoms with E-state index in [1.165, 1.54) is 7.11 Å². The van der Waals surface area contributed by atoms with Crippen molar-refractivity contribution in [2.45, 2.75) is 31.8 Å². The van der Waals surface area contributed by atoms with Crippen LogP contribution in [-0.4, -0.2) is 42.1 Å². The molecule has 0 aliphatic carbocycles. The van der Waals surface area contributed by atoms with Crippen LogP contribution in [0.4, 0.5) is 5.69 Å². The van der Waals surface area contributed by atoms with Gasteiger partial charge < -0.3 is 20.5 Å². The number of hydrogen-bond acceptors (Lipinski definition) is 5. The van der Waals surface area contributed by atoms with Gasteiger partial charge in [0.25, 0.3) is 0 Å². The van der Waals surface area contributed by atoms with E-state index in [-0.39, 0.29) is 12.8 Å². The summed E-state index contributed by atoms with van der Waals surface area (Å²) in [5.74, 6) is -2.26. The lowest BCUT2D eigenvalue weighted by Gasteiger charge is -2.20. The highest BCUT2D eigenvalue weighted by atomic mass is 35.5. The predicted octanol–water partition coefficient (Wildman–Crippen LogP) is 2.32. The van der Waals surface area contributed by atoms with Crippen molar-refractivity contribution >= 4 is 46.7 Å². The Bertz CT molecular complexity index is 624. The average molecular weight is 377 g/mol. The molecule has 1 aromatic rings. The monoisotopic (exact) mass is 376 g/mol. The fourth-order valence-corrected chi connectivity index (χ4v) is 2.16. The van der Waals surface area contributed by atoms with Crippen molar-refractivity contribution in [3.63, 3.8) is 0 Å². The molecule has 1 amide bonds. The number of rotatable bonds is 8. The van der Waals surface area contributed by atoms with Crippen LogP contribution < -0.4 is 10.6 Å². The number of esters is 1. The Hall–Kier alpha value is -1.99. The van der Waals surface area contributed by atoms with Gasteiger partial charge >= 0.3 is 11.9 Å². The number of benzene rings is 1. The molecule has 0 aliphatic heterocycles. The summed E-state index contributed by atoms with van der Waals surface area (Å²) in [5.41, 5.74) is 0.576. The van der Waals surface area contributed by atoms with Gasteiger partial charge in [-0.2, -0.15) is 0 Å². The Morgan fingerprint density at radius 3 is 2.46 bits per heavy atom. The summed E-state index contributed by atoms with van der Waals surface area (Å²) < 4.78 is 4.57. The van der Waals surface area contributed by atoms with E-state index >= 15 is 0 Å². The zero-order valence-corrected chi connectivity index (χ0v) is 14.6. The van der Waals surface area contributed by atoms with Crippen molar-refractivity contribution in [2.24, 2.45) is 0 Å². The number of carbonyl (C=O) groups is 3. The first kappa shape index (κ1) is 20.1. The summed E-state index contributed by atoms with van der Waals surface area (Å²) in [6.45, 7) is 1.59. The van der Waals surface area contributed by atoms with Crippen LogP contribution >= 0.6 is 23.2 Å². The van der Waals surface area contributed by atoms with Gasteiger partial charge in [-0.1, -0.05) is 23.2 Å². The average Bonchev–Trinajstić information content (AvgIpc) is 2.53. The van der Waals surface area contributed by atoms with Crippen LogP contribution in [0, 0.1) is 0 Å². The minimum Gasteiger partial charge on any atom is -0.481 e. The first-order valence-corrected chi connectivity index (χ1v) is 7.81. The summed E-state index contributed by atoms with van der Waals surface area (Å²) in [7, 11) is 1.17. The molecule has 3 N–H and O–H groups in total. The Morgan fingerprint density at radius 2 is 1.92 bits per heavy atom. The maximum absolute atomic E-state index is 12.2. The lowest BCUT2D eigenvalue weighted by atomic mass is 10.1. The Morgan fingerprint density at radius 1 is 1.25 bits per heavy atom. The number of carbonyl (C=O) groups excluding carboxylic acids is 2. The molecule has 0 aliphatic rings. The molecule has 0 bridgehead atoms. The number of ether oxygens (including phenoxy) is 1. The zero-order chi connectivity index (χ0) is 18.3. The van der Waals surface area contributed by atoms with Gasteiger partial charge in [-0.25, -0.2) is 4.79 Å². The lowest BCUT2D eigenvalue weighted by molar-refractivity contribution is -0.146. The molecule has 0 heterocycles. The van der Waals surface area contributed by atoms with Crippen LogP contribution in [0.15, 0.2) is 18.2 Å². The van der Waals surface area contributed by atoms with E-state index in [0.29, 0.717) is 15.7 Å². The summed E-state index contributed by atoms with van der Waals surface area (Å²) in [4.78, 5) is 34.5. The third-order valence-electron chi connectivity index (χ3n) is 3.15.